The summed E-state index contributed by atoms with van der Waals surface area (Å²) in [5, 5.41) is -0.494. The van der Waals surface area contributed by atoms with Crippen molar-refractivity contribution in [3.63, 3.8) is 0 Å². The summed E-state index contributed by atoms with van der Waals surface area (Å²) in [5.74, 6) is 0.0135. The van der Waals surface area contributed by atoms with E-state index in [1.165, 1.54) is 18.1 Å². The van der Waals surface area contributed by atoms with Crippen LogP contribution in [0.15, 0.2) is 18.2 Å². The van der Waals surface area contributed by atoms with Gasteiger partial charge in [-0.25, -0.2) is 0 Å². The molecule has 0 spiro atoms. The number of Topliss-reactive ketones (excluding diaryl/α,β-unsaturated/α-hetero) is 1. The first-order valence-corrected chi connectivity index (χ1v) is 5.80. The average Bonchev–Trinajstić information content (AvgIpc) is 2.27. The molecule has 0 aromatic heterocycles. The summed E-state index contributed by atoms with van der Waals surface area (Å²) in [6, 6.07) is 6.23. The van der Waals surface area contributed by atoms with Gasteiger partial charge in [-0.15, -0.1) is 11.6 Å². The van der Waals surface area contributed by atoms with Crippen LogP contribution in [0.25, 0.3) is 0 Å². The van der Waals surface area contributed by atoms with Crippen LogP contribution in [0.1, 0.15) is 42.8 Å². The van der Waals surface area contributed by atoms with E-state index in [2.05, 4.69) is 32.0 Å². The summed E-state index contributed by atoms with van der Waals surface area (Å²) in [6.45, 7) is 5.71. The lowest BCUT2D eigenvalue weighted by atomic mass is 9.97. The molecule has 1 unspecified atom stereocenters. The van der Waals surface area contributed by atoms with Gasteiger partial charge in [-0.05, 0) is 36.5 Å². The van der Waals surface area contributed by atoms with Crippen molar-refractivity contribution in [1.29, 1.82) is 0 Å². The van der Waals surface area contributed by atoms with E-state index in [9.17, 15) is 4.79 Å². The van der Waals surface area contributed by atoms with Gasteiger partial charge >= 0.3 is 0 Å². The second-order valence-electron chi connectivity index (χ2n) is 3.71. The smallest absolute Gasteiger partial charge is 0.152 e. The number of hydrogen-bond donors (Lipinski definition) is 0. The predicted molar refractivity (Wildman–Crippen MR) is 64.5 cm³/mol. The first-order valence-electron chi connectivity index (χ1n) is 5.36. The summed E-state index contributed by atoms with van der Waals surface area (Å²) in [6.07, 6.45) is 1.88. The summed E-state index contributed by atoms with van der Waals surface area (Å²) in [4.78, 5) is 11.3. The molecule has 0 aliphatic rings. The standard InChI is InChI=1S/C13H17ClO/c1-4-10-6-7-11(5-2)12(8-10)13(14)9(3)15/h6-8,13H,4-5H2,1-3H3. The molecule has 0 aliphatic heterocycles. The SMILES string of the molecule is CCc1ccc(CC)c(C(Cl)C(C)=O)c1. The third-order valence-corrected chi connectivity index (χ3v) is 3.17. The molecule has 0 fully saturated rings. The van der Waals surface area contributed by atoms with Crippen LogP contribution in [0.5, 0.6) is 0 Å². The van der Waals surface area contributed by atoms with Gasteiger partial charge in [-0.1, -0.05) is 32.0 Å². The van der Waals surface area contributed by atoms with Gasteiger partial charge in [-0.2, -0.15) is 0 Å². The van der Waals surface area contributed by atoms with Crippen LogP contribution in [0.3, 0.4) is 0 Å². The van der Waals surface area contributed by atoms with E-state index in [1.54, 1.807) is 0 Å². The van der Waals surface area contributed by atoms with Gasteiger partial charge in [0.05, 0.1) is 0 Å². The van der Waals surface area contributed by atoms with Gasteiger partial charge in [-0.3, -0.25) is 4.79 Å². The molecule has 15 heavy (non-hydrogen) atoms. The zero-order valence-corrected chi connectivity index (χ0v) is 10.3. The molecule has 82 valence electrons. The summed E-state index contributed by atoms with van der Waals surface area (Å²) in [5.41, 5.74) is 3.38. The van der Waals surface area contributed by atoms with Crippen LogP contribution >= 0.6 is 11.6 Å². The van der Waals surface area contributed by atoms with E-state index < -0.39 is 5.38 Å². The third kappa shape index (κ3) is 2.82. The van der Waals surface area contributed by atoms with Crippen molar-refractivity contribution in [3.05, 3.63) is 34.9 Å². The zero-order valence-electron chi connectivity index (χ0n) is 9.51. The predicted octanol–water partition coefficient (Wildman–Crippen LogP) is 3.68. The molecule has 0 aliphatic carbocycles. The molecule has 1 aromatic rings. The fraction of sp³-hybridized carbons (Fsp3) is 0.462. The fourth-order valence-corrected chi connectivity index (χ4v) is 1.84. The molecule has 2 heteroatoms. The summed E-state index contributed by atoms with van der Waals surface area (Å²) < 4.78 is 0. The molecule has 0 amide bonds. The van der Waals surface area contributed by atoms with E-state index in [0.29, 0.717) is 0 Å². The molecule has 0 heterocycles. The number of carbonyl (C=O) groups excluding carboxylic acids is 1. The Kier molecular flexibility index (Phi) is 4.34. The van der Waals surface area contributed by atoms with Crippen molar-refractivity contribution in [1.82, 2.24) is 0 Å². The number of hydrogen-bond acceptors (Lipinski definition) is 1. The van der Waals surface area contributed by atoms with E-state index in [4.69, 9.17) is 11.6 Å². The maximum absolute atomic E-state index is 11.3. The third-order valence-electron chi connectivity index (χ3n) is 2.63. The van der Waals surface area contributed by atoms with Gasteiger partial charge in [0, 0.05) is 0 Å². The van der Waals surface area contributed by atoms with Gasteiger partial charge in [0.15, 0.2) is 5.78 Å². The van der Waals surface area contributed by atoms with Crippen molar-refractivity contribution >= 4 is 17.4 Å². The fourth-order valence-electron chi connectivity index (χ4n) is 1.64. The van der Waals surface area contributed by atoms with Gasteiger partial charge in [0.1, 0.15) is 5.38 Å². The number of halogens is 1. The minimum atomic E-state index is -0.494. The molecule has 1 nitrogen and oxygen atoms in total. The minimum absolute atomic E-state index is 0.0135. The zero-order chi connectivity index (χ0) is 11.4. The van der Waals surface area contributed by atoms with Crippen molar-refractivity contribution in [2.75, 3.05) is 0 Å². The molecule has 1 atom stereocenters. The maximum Gasteiger partial charge on any atom is 0.152 e. The topological polar surface area (TPSA) is 17.1 Å². The molecule has 0 N–H and O–H groups in total. The first kappa shape index (κ1) is 12.3. The van der Waals surface area contributed by atoms with E-state index in [1.807, 2.05) is 0 Å². The molecular formula is C13H17ClO. The van der Waals surface area contributed by atoms with Crippen LogP contribution < -0.4 is 0 Å². The van der Waals surface area contributed by atoms with E-state index >= 15 is 0 Å². The number of benzene rings is 1. The number of alkyl halides is 1. The lowest BCUT2D eigenvalue weighted by molar-refractivity contribution is -0.116. The van der Waals surface area contributed by atoms with Crippen LogP contribution in [0.2, 0.25) is 0 Å². The highest BCUT2D eigenvalue weighted by molar-refractivity contribution is 6.30. The van der Waals surface area contributed by atoms with Crippen LogP contribution in [-0.2, 0) is 17.6 Å². The largest absolute Gasteiger partial charge is 0.298 e. The van der Waals surface area contributed by atoms with E-state index in [0.717, 1.165) is 18.4 Å². The molecule has 1 aromatic carbocycles. The second-order valence-corrected chi connectivity index (χ2v) is 4.15. The Balaban J connectivity index is 3.16. The van der Waals surface area contributed by atoms with Crippen LogP contribution in [0.4, 0.5) is 0 Å². The Morgan fingerprint density at radius 3 is 2.47 bits per heavy atom. The summed E-state index contributed by atoms with van der Waals surface area (Å²) >= 11 is 6.10. The average molecular weight is 225 g/mol. The normalized spacial score (nSPS) is 12.5. The molecule has 0 bridgehead atoms. The highest BCUT2D eigenvalue weighted by atomic mass is 35.5. The maximum atomic E-state index is 11.3. The second kappa shape index (κ2) is 5.32. The lowest BCUT2D eigenvalue weighted by Gasteiger charge is -2.13. The Labute approximate surface area is 96.5 Å². The molecular weight excluding hydrogens is 208 g/mol. The highest BCUT2D eigenvalue weighted by Gasteiger charge is 2.16. The minimum Gasteiger partial charge on any atom is -0.298 e. The molecule has 1 rings (SSSR count). The Bertz CT molecular complexity index is 358. The molecule has 0 radical (unpaired) electrons. The lowest BCUT2D eigenvalue weighted by Crippen LogP contribution is -2.05. The Morgan fingerprint density at radius 2 is 2.00 bits per heavy atom. The van der Waals surface area contributed by atoms with Gasteiger partial charge in [0.25, 0.3) is 0 Å². The van der Waals surface area contributed by atoms with Crippen LogP contribution in [0, 0.1) is 0 Å². The quantitative estimate of drug-likeness (QED) is 0.713. The van der Waals surface area contributed by atoms with Gasteiger partial charge < -0.3 is 0 Å². The van der Waals surface area contributed by atoms with Crippen molar-refractivity contribution < 1.29 is 4.79 Å². The molecule has 0 saturated heterocycles. The first-order chi connectivity index (χ1) is 7.10. The van der Waals surface area contributed by atoms with Crippen LogP contribution in [-0.4, -0.2) is 5.78 Å². The highest BCUT2D eigenvalue weighted by Crippen LogP contribution is 2.26. The monoisotopic (exact) mass is 224 g/mol. The Hall–Kier alpha value is -0.820. The van der Waals surface area contributed by atoms with E-state index in [-0.39, 0.29) is 5.78 Å². The van der Waals surface area contributed by atoms with Gasteiger partial charge in [0.2, 0.25) is 0 Å². The Morgan fingerprint density at radius 1 is 1.33 bits per heavy atom. The number of aryl methyl sites for hydroxylation is 2. The van der Waals surface area contributed by atoms with Crippen molar-refractivity contribution in [2.45, 2.75) is 39.0 Å². The van der Waals surface area contributed by atoms with Crippen molar-refractivity contribution in [3.8, 4) is 0 Å². The summed E-state index contributed by atoms with van der Waals surface area (Å²) in [7, 11) is 0. The number of rotatable bonds is 4. The number of carbonyl (C=O) groups is 1. The molecule has 0 saturated carbocycles. The van der Waals surface area contributed by atoms with Crippen molar-refractivity contribution in [2.24, 2.45) is 0 Å². The number of ketones is 1.